The van der Waals surface area contributed by atoms with E-state index in [2.05, 4.69) is 15.6 Å². The van der Waals surface area contributed by atoms with E-state index in [4.69, 9.17) is 5.11 Å². The number of aromatic carboxylic acids is 1. The van der Waals surface area contributed by atoms with E-state index in [0.717, 1.165) is 25.8 Å². The van der Waals surface area contributed by atoms with Gasteiger partial charge in [-0.2, -0.15) is 0 Å². The number of pyridine rings is 1. The predicted octanol–water partition coefficient (Wildman–Crippen LogP) is 1.25. The molecule has 1 unspecified atom stereocenters. The van der Waals surface area contributed by atoms with E-state index in [9.17, 15) is 9.59 Å². The number of hydrogen-bond acceptors (Lipinski definition) is 4. The Morgan fingerprint density at radius 2 is 2.21 bits per heavy atom. The van der Waals surface area contributed by atoms with Crippen molar-refractivity contribution >= 4 is 17.6 Å². The van der Waals surface area contributed by atoms with Crippen molar-refractivity contribution in [2.75, 3.05) is 11.9 Å². The van der Waals surface area contributed by atoms with E-state index in [1.54, 1.807) is 0 Å². The van der Waals surface area contributed by atoms with Gasteiger partial charge in [0.15, 0.2) is 0 Å². The van der Waals surface area contributed by atoms with Gasteiger partial charge >= 0.3 is 5.97 Å². The molecule has 1 atom stereocenters. The number of anilines is 1. The van der Waals surface area contributed by atoms with Crippen molar-refractivity contribution in [1.29, 1.82) is 0 Å². The van der Waals surface area contributed by atoms with Crippen LogP contribution in [0.1, 0.15) is 36.5 Å². The maximum absolute atomic E-state index is 12.2. The molecule has 0 aromatic carbocycles. The smallest absolute Gasteiger partial charge is 0.337 e. The van der Waals surface area contributed by atoms with Crippen molar-refractivity contribution in [2.45, 2.75) is 31.7 Å². The summed E-state index contributed by atoms with van der Waals surface area (Å²) in [5, 5.41) is 14.8. The molecule has 0 spiro atoms. The van der Waals surface area contributed by atoms with Crippen LogP contribution in [0.25, 0.3) is 0 Å². The quantitative estimate of drug-likeness (QED) is 0.763. The van der Waals surface area contributed by atoms with Gasteiger partial charge in [0.1, 0.15) is 0 Å². The zero-order chi connectivity index (χ0) is 13.9. The van der Waals surface area contributed by atoms with Gasteiger partial charge in [0.05, 0.1) is 23.0 Å². The molecule has 1 amide bonds. The summed E-state index contributed by atoms with van der Waals surface area (Å²) in [7, 11) is 0. The lowest BCUT2D eigenvalue weighted by atomic mass is 9.90. The summed E-state index contributed by atoms with van der Waals surface area (Å²) in [6.45, 7) is 2.67. The standard InChI is InChI=1S/C13H17N3O3/c1-13(4-2-3-5-15-13)12(19)16-10-6-9(11(17)18)7-14-8-10/h6-8,15H,2-5H2,1H3,(H,16,19)(H,17,18). The molecule has 2 heterocycles. The minimum atomic E-state index is -1.06. The van der Waals surface area contributed by atoms with Crippen molar-refractivity contribution in [1.82, 2.24) is 10.3 Å². The average Bonchev–Trinajstić information content (AvgIpc) is 2.40. The number of rotatable bonds is 3. The zero-order valence-electron chi connectivity index (χ0n) is 10.8. The van der Waals surface area contributed by atoms with E-state index in [1.807, 2.05) is 6.92 Å². The topological polar surface area (TPSA) is 91.3 Å². The summed E-state index contributed by atoms with van der Waals surface area (Å²) >= 11 is 0. The fourth-order valence-corrected chi connectivity index (χ4v) is 2.14. The highest BCUT2D eigenvalue weighted by Crippen LogP contribution is 2.21. The number of amides is 1. The second-order valence-electron chi connectivity index (χ2n) is 4.94. The van der Waals surface area contributed by atoms with Crippen LogP contribution in [0, 0.1) is 0 Å². The maximum atomic E-state index is 12.2. The second-order valence-corrected chi connectivity index (χ2v) is 4.94. The molecule has 0 saturated carbocycles. The fourth-order valence-electron chi connectivity index (χ4n) is 2.14. The summed E-state index contributed by atoms with van der Waals surface area (Å²) in [5.74, 6) is -1.22. The molecule has 1 aromatic heterocycles. The third-order valence-electron chi connectivity index (χ3n) is 3.36. The van der Waals surface area contributed by atoms with Crippen molar-refractivity contribution < 1.29 is 14.7 Å². The highest BCUT2D eigenvalue weighted by molar-refractivity contribution is 5.98. The minimum absolute atomic E-state index is 0.0551. The normalized spacial score (nSPS) is 22.8. The van der Waals surface area contributed by atoms with Gasteiger partial charge in [0, 0.05) is 6.20 Å². The number of nitrogens with zero attached hydrogens (tertiary/aromatic N) is 1. The van der Waals surface area contributed by atoms with E-state index in [-0.39, 0.29) is 11.5 Å². The number of piperidine rings is 1. The Labute approximate surface area is 111 Å². The SMILES string of the molecule is CC1(C(=O)Nc2cncc(C(=O)O)c2)CCCCN1. The first kappa shape index (κ1) is 13.5. The lowest BCUT2D eigenvalue weighted by molar-refractivity contribution is -0.122. The van der Waals surface area contributed by atoms with Gasteiger partial charge in [-0.05, 0) is 38.8 Å². The molecule has 1 saturated heterocycles. The van der Waals surface area contributed by atoms with Gasteiger partial charge < -0.3 is 15.7 Å². The Bertz CT molecular complexity index is 496. The van der Waals surface area contributed by atoms with E-state index in [1.165, 1.54) is 18.5 Å². The van der Waals surface area contributed by atoms with E-state index < -0.39 is 11.5 Å². The Hall–Kier alpha value is -1.95. The molecule has 0 radical (unpaired) electrons. The highest BCUT2D eigenvalue weighted by atomic mass is 16.4. The Balaban J connectivity index is 2.10. The molecule has 3 N–H and O–H groups in total. The molecule has 1 aliphatic heterocycles. The Morgan fingerprint density at radius 3 is 2.84 bits per heavy atom. The largest absolute Gasteiger partial charge is 0.478 e. The highest BCUT2D eigenvalue weighted by Gasteiger charge is 2.34. The summed E-state index contributed by atoms with van der Waals surface area (Å²) in [6.07, 6.45) is 5.53. The molecule has 0 aliphatic carbocycles. The molecule has 6 heteroatoms. The molecule has 102 valence electrons. The van der Waals surface area contributed by atoms with Crippen LogP contribution >= 0.6 is 0 Å². The summed E-state index contributed by atoms with van der Waals surface area (Å²) in [4.78, 5) is 26.9. The van der Waals surface area contributed by atoms with E-state index in [0.29, 0.717) is 5.69 Å². The number of nitrogens with one attached hydrogen (secondary N) is 2. The first-order valence-corrected chi connectivity index (χ1v) is 6.26. The number of aromatic nitrogens is 1. The molecule has 19 heavy (non-hydrogen) atoms. The Kier molecular flexibility index (Phi) is 3.80. The Morgan fingerprint density at radius 1 is 1.42 bits per heavy atom. The molecule has 2 rings (SSSR count). The summed E-state index contributed by atoms with van der Waals surface area (Å²) in [6, 6.07) is 1.40. The maximum Gasteiger partial charge on any atom is 0.337 e. The third kappa shape index (κ3) is 3.08. The van der Waals surface area contributed by atoms with Crippen molar-refractivity contribution in [3.05, 3.63) is 24.0 Å². The van der Waals surface area contributed by atoms with Gasteiger partial charge in [-0.1, -0.05) is 0 Å². The molecule has 1 aromatic rings. The molecular formula is C13H17N3O3. The molecule has 0 bridgehead atoms. The van der Waals surface area contributed by atoms with Crippen LogP contribution in [0.3, 0.4) is 0 Å². The minimum Gasteiger partial charge on any atom is -0.478 e. The van der Waals surface area contributed by atoms with Crippen LogP contribution in [0.5, 0.6) is 0 Å². The monoisotopic (exact) mass is 263 g/mol. The van der Waals surface area contributed by atoms with Crippen LogP contribution < -0.4 is 10.6 Å². The molecule has 1 aliphatic rings. The van der Waals surface area contributed by atoms with E-state index >= 15 is 0 Å². The number of carbonyl (C=O) groups excluding carboxylic acids is 1. The van der Waals surface area contributed by atoms with Gasteiger partial charge in [-0.3, -0.25) is 9.78 Å². The van der Waals surface area contributed by atoms with Crippen molar-refractivity contribution in [3.8, 4) is 0 Å². The number of hydrogen-bond donors (Lipinski definition) is 3. The number of carbonyl (C=O) groups is 2. The second kappa shape index (κ2) is 5.36. The van der Waals surface area contributed by atoms with Crippen LogP contribution in [0.4, 0.5) is 5.69 Å². The van der Waals surface area contributed by atoms with Crippen LogP contribution in [-0.4, -0.2) is 34.1 Å². The number of carboxylic acids is 1. The molecule has 6 nitrogen and oxygen atoms in total. The van der Waals surface area contributed by atoms with Gasteiger partial charge in [-0.15, -0.1) is 0 Å². The van der Waals surface area contributed by atoms with Crippen LogP contribution in [0.2, 0.25) is 0 Å². The van der Waals surface area contributed by atoms with Gasteiger partial charge in [0.2, 0.25) is 5.91 Å². The van der Waals surface area contributed by atoms with Crippen LogP contribution in [0.15, 0.2) is 18.5 Å². The lowest BCUT2D eigenvalue weighted by Crippen LogP contribution is -2.54. The van der Waals surface area contributed by atoms with Gasteiger partial charge in [-0.25, -0.2) is 4.79 Å². The zero-order valence-corrected chi connectivity index (χ0v) is 10.8. The number of carboxylic acid groups (broad SMARTS) is 1. The predicted molar refractivity (Wildman–Crippen MR) is 70.1 cm³/mol. The first-order chi connectivity index (χ1) is 9.01. The molecular weight excluding hydrogens is 246 g/mol. The lowest BCUT2D eigenvalue weighted by Gasteiger charge is -2.33. The van der Waals surface area contributed by atoms with Gasteiger partial charge in [0.25, 0.3) is 0 Å². The summed E-state index contributed by atoms with van der Waals surface area (Å²) in [5.41, 5.74) is -0.143. The average molecular weight is 263 g/mol. The molecule has 1 fully saturated rings. The van der Waals surface area contributed by atoms with Crippen molar-refractivity contribution in [3.63, 3.8) is 0 Å². The fraction of sp³-hybridized carbons (Fsp3) is 0.462. The van der Waals surface area contributed by atoms with Crippen LogP contribution in [-0.2, 0) is 4.79 Å². The van der Waals surface area contributed by atoms with Crippen molar-refractivity contribution in [2.24, 2.45) is 0 Å². The third-order valence-corrected chi connectivity index (χ3v) is 3.36. The summed E-state index contributed by atoms with van der Waals surface area (Å²) < 4.78 is 0. The first-order valence-electron chi connectivity index (χ1n) is 6.26.